The van der Waals surface area contributed by atoms with Gasteiger partial charge in [-0.2, -0.15) is 0 Å². The van der Waals surface area contributed by atoms with Crippen molar-refractivity contribution in [3.8, 4) is 0 Å². The molecule has 1 nitrogen and oxygen atoms in total. The number of hydrogen-bond donors (Lipinski definition) is 0. The summed E-state index contributed by atoms with van der Waals surface area (Å²) in [7, 11) is 0. The van der Waals surface area contributed by atoms with Crippen molar-refractivity contribution < 1.29 is 4.74 Å². The molecule has 0 aromatic heterocycles. The zero-order valence-electron chi connectivity index (χ0n) is 9.36. The molecular weight excluding hydrogens is 196 g/mol. The van der Waals surface area contributed by atoms with Gasteiger partial charge in [0.25, 0.3) is 0 Å². The van der Waals surface area contributed by atoms with E-state index in [-0.39, 0.29) is 0 Å². The summed E-state index contributed by atoms with van der Waals surface area (Å²) in [5.74, 6) is 0.526. The maximum Gasteiger partial charge on any atom is 0.0689 e. The lowest BCUT2D eigenvalue weighted by molar-refractivity contribution is 0.195. The molecule has 0 bridgehead atoms. The van der Waals surface area contributed by atoms with E-state index in [1.807, 2.05) is 0 Å². The molecule has 1 aromatic carbocycles. The van der Waals surface area contributed by atoms with Gasteiger partial charge in [-0.25, -0.2) is 0 Å². The second-order valence-electron chi connectivity index (χ2n) is 4.46. The van der Waals surface area contributed by atoms with Crippen molar-refractivity contribution in [2.75, 3.05) is 13.2 Å². The van der Waals surface area contributed by atoms with Crippen LogP contribution in [0.2, 0.25) is 0 Å². The van der Waals surface area contributed by atoms with Gasteiger partial charge in [-0.3, -0.25) is 0 Å². The highest BCUT2D eigenvalue weighted by atomic mass is 16.5. The molecule has 0 N–H and O–H groups in total. The van der Waals surface area contributed by atoms with Gasteiger partial charge in [0, 0.05) is 5.92 Å². The summed E-state index contributed by atoms with van der Waals surface area (Å²) >= 11 is 0. The van der Waals surface area contributed by atoms with Crippen LogP contribution in [0.15, 0.2) is 48.1 Å². The first kappa shape index (κ1) is 9.86. The van der Waals surface area contributed by atoms with E-state index in [1.54, 1.807) is 0 Å². The minimum absolute atomic E-state index is 0.526. The standard InChI is InChI=1S/C15H16O/c1-2-6-12(7-3-1)14-9-5-4-8-13-10-16-11-15(13)14/h1-4,6-8,13H,5,9-11H2/t13-/m1/s1. The van der Waals surface area contributed by atoms with Crippen LogP contribution in [0.4, 0.5) is 0 Å². The third-order valence-electron chi connectivity index (χ3n) is 3.44. The minimum atomic E-state index is 0.526. The summed E-state index contributed by atoms with van der Waals surface area (Å²) in [4.78, 5) is 0. The molecule has 16 heavy (non-hydrogen) atoms. The van der Waals surface area contributed by atoms with Crippen LogP contribution in [0.25, 0.3) is 5.57 Å². The molecule has 82 valence electrons. The fraction of sp³-hybridized carbons (Fsp3) is 0.333. The zero-order valence-corrected chi connectivity index (χ0v) is 9.36. The van der Waals surface area contributed by atoms with Crippen LogP contribution in [0.5, 0.6) is 0 Å². The number of hydrogen-bond acceptors (Lipinski definition) is 1. The monoisotopic (exact) mass is 212 g/mol. The van der Waals surface area contributed by atoms with E-state index in [2.05, 4.69) is 42.5 Å². The van der Waals surface area contributed by atoms with Crippen molar-refractivity contribution in [2.24, 2.45) is 5.92 Å². The van der Waals surface area contributed by atoms with E-state index in [0.717, 1.165) is 26.1 Å². The lowest BCUT2D eigenvalue weighted by Gasteiger charge is -2.11. The van der Waals surface area contributed by atoms with Gasteiger partial charge in [-0.15, -0.1) is 0 Å². The Bertz CT molecular complexity index is 428. The Hall–Kier alpha value is -1.34. The fourth-order valence-corrected chi connectivity index (χ4v) is 2.60. The van der Waals surface area contributed by atoms with Crippen molar-refractivity contribution in [1.82, 2.24) is 0 Å². The molecular formula is C15H16O. The van der Waals surface area contributed by atoms with Gasteiger partial charge in [0.15, 0.2) is 0 Å². The van der Waals surface area contributed by atoms with Crippen molar-refractivity contribution in [3.63, 3.8) is 0 Å². The maximum atomic E-state index is 5.59. The third kappa shape index (κ3) is 1.72. The van der Waals surface area contributed by atoms with E-state index in [9.17, 15) is 0 Å². The Morgan fingerprint density at radius 3 is 2.88 bits per heavy atom. The summed E-state index contributed by atoms with van der Waals surface area (Å²) in [6.45, 7) is 1.68. The van der Waals surface area contributed by atoms with E-state index >= 15 is 0 Å². The van der Waals surface area contributed by atoms with Gasteiger partial charge in [-0.05, 0) is 29.6 Å². The molecule has 0 amide bonds. The Balaban J connectivity index is 2.05. The molecule has 2 aliphatic rings. The van der Waals surface area contributed by atoms with Crippen LogP contribution in [0, 0.1) is 5.92 Å². The average Bonchev–Trinajstić information content (AvgIpc) is 2.70. The van der Waals surface area contributed by atoms with Gasteiger partial charge in [0.2, 0.25) is 0 Å². The molecule has 1 fully saturated rings. The molecule has 1 saturated heterocycles. The van der Waals surface area contributed by atoms with Crippen LogP contribution >= 0.6 is 0 Å². The van der Waals surface area contributed by atoms with Crippen LogP contribution in [-0.4, -0.2) is 13.2 Å². The molecule has 1 heterocycles. The lowest BCUT2D eigenvalue weighted by atomic mass is 9.92. The second kappa shape index (κ2) is 4.26. The summed E-state index contributed by atoms with van der Waals surface area (Å²) in [5.41, 5.74) is 4.38. The van der Waals surface area contributed by atoms with E-state index in [0.29, 0.717) is 5.92 Å². The molecule has 0 unspecified atom stereocenters. The molecule has 1 aromatic rings. The van der Waals surface area contributed by atoms with Gasteiger partial charge < -0.3 is 4.74 Å². The summed E-state index contributed by atoms with van der Waals surface area (Å²) < 4.78 is 5.59. The van der Waals surface area contributed by atoms with Crippen LogP contribution in [-0.2, 0) is 4.74 Å². The van der Waals surface area contributed by atoms with Gasteiger partial charge >= 0.3 is 0 Å². The van der Waals surface area contributed by atoms with Gasteiger partial charge in [-0.1, -0.05) is 42.5 Å². The average molecular weight is 212 g/mol. The molecule has 1 atom stereocenters. The van der Waals surface area contributed by atoms with E-state index < -0.39 is 0 Å². The van der Waals surface area contributed by atoms with Crippen LogP contribution in [0.1, 0.15) is 18.4 Å². The molecule has 0 spiro atoms. The van der Waals surface area contributed by atoms with Crippen molar-refractivity contribution >= 4 is 5.57 Å². The largest absolute Gasteiger partial charge is 0.376 e. The summed E-state index contributed by atoms with van der Waals surface area (Å²) in [5, 5.41) is 0. The number of benzene rings is 1. The smallest absolute Gasteiger partial charge is 0.0689 e. The Morgan fingerprint density at radius 1 is 1.12 bits per heavy atom. The maximum absolute atomic E-state index is 5.59. The first-order valence-corrected chi connectivity index (χ1v) is 5.97. The normalized spacial score (nSPS) is 24.4. The topological polar surface area (TPSA) is 9.23 Å². The SMILES string of the molecule is C1=C[C@@H]2COCC2=C(c2ccccc2)CC1. The highest BCUT2D eigenvalue weighted by Crippen LogP contribution is 2.34. The zero-order chi connectivity index (χ0) is 10.8. The van der Waals surface area contributed by atoms with Crippen LogP contribution < -0.4 is 0 Å². The molecule has 0 radical (unpaired) electrons. The van der Waals surface area contributed by atoms with Gasteiger partial charge in [0.05, 0.1) is 13.2 Å². The molecule has 3 rings (SSSR count). The minimum Gasteiger partial charge on any atom is -0.376 e. The van der Waals surface area contributed by atoms with Crippen LogP contribution in [0.3, 0.4) is 0 Å². The molecule has 1 aliphatic heterocycles. The van der Waals surface area contributed by atoms with Gasteiger partial charge in [0.1, 0.15) is 0 Å². The summed E-state index contributed by atoms with van der Waals surface area (Å²) in [6, 6.07) is 10.7. The third-order valence-corrected chi connectivity index (χ3v) is 3.44. The van der Waals surface area contributed by atoms with E-state index in [1.165, 1.54) is 16.7 Å². The number of ether oxygens (including phenoxy) is 1. The quantitative estimate of drug-likeness (QED) is 0.648. The molecule has 1 heteroatoms. The Kier molecular flexibility index (Phi) is 2.63. The Labute approximate surface area is 96.4 Å². The predicted octanol–water partition coefficient (Wildman–Crippen LogP) is 3.44. The Morgan fingerprint density at radius 2 is 2.00 bits per heavy atom. The second-order valence-corrected chi connectivity index (χ2v) is 4.46. The van der Waals surface area contributed by atoms with Crippen molar-refractivity contribution in [1.29, 1.82) is 0 Å². The molecule has 1 aliphatic carbocycles. The van der Waals surface area contributed by atoms with E-state index in [4.69, 9.17) is 4.74 Å². The lowest BCUT2D eigenvalue weighted by Crippen LogP contribution is -1.99. The molecule has 0 saturated carbocycles. The number of allylic oxidation sites excluding steroid dienone is 2. The highest BCUT2D eigenvalue weighted by molar-refractivity contribution is 5.70. The first-order chi connectivity index (χ1) is 7.95. The number of fused-ring (bicyclic) bond motifs is 1. The van der Waals surface area contributed by atoms with Crippen molar-refractivity contribution in [3.05, 3.63) is 53.6 Å². The number of rotatable bonds is 1. The predicted molar refractivity (Wildman–Crippen MR) is 66.0 cm³/mol. The fourth-order valence-electron chi connectivity index (χ4n) is 2.60. The summed E-state index contributed by atoms with van der Waals surface area (Å²) in [6.07, 6.45) is 6.92. The highest BCUT2D eigenvalue weighted by Gasteiger charge is 2.24. The first-order valence-electron chi connectivity index (χ1n) is 5.97. The van der Waals surface area contributed by atoms with Crippen molar-refractivity contribution in [2.45, 2.75) is 12.8 Å².